The number of anilines is 1. The second-order valence-electron chi connectivity index (χ2n) is 8.28. The summed E-state index contributed by atoms with van der Waals surface area (Å²) in [4.78, 5) is 10.4. The van der Waals surface area contributed by atoms with Crippen LogP contribution < -0.4 is 5.32 Å². The minimum atomic E-state index is 0.247. The lowest BCUT2D eigenvalue weighted by atomic mass is 9.77. The first-order valence-electron chi connectivity index (χ1n) is 10.3. The minimum Gasteiger partial charge on any atom is -0.379 e. The molecule has 146 valence electrons. The number of pyridine rings is 1. The Morgan fingerprint density at radius 1 is 1.11 bits per heavy atom. The average Bonchev–Trinajstić information content (AvgIpc) is 3.35. The third kappa shape index (κ3) is 3.40. The number of ether oxygens (including phenoxy) is 1. The Hall–Kier alpha value is -2.37. The predicted molar refractivity (Wildman–Crippen MR) is 112 cm³/mol. The number of aromatic nitrogens is 2. The molecule has 1 saturated carbocycles. The molecule has 3 heterocycles. The monoisotopic (exact) mass is 376 g/mol. The molecule has 2 N–H and O–H groups in total. The van der Waals surface area contributed by atoms with Gasteiger partial charge in [-0.2, -0.15) is 0 Å². The predicted octanol–water partition coefficient (Wildman–Crippen LogP) is 3.90. The zero-order chi connectivity index (χ0) is 18.9. The van der Waals surface area contributed by atoms with Gasteiger partial charge in [0.25, 0.3) is 0 Å². The fourth-order valence-corrected chi connectivity index (χ4v) is 5.22. The van der Waals surface area contributed by atoms with E-state index < -0.39 is 0 Å². The van der Waals surface area contributed by atoms with E-state index in [1.807, 2.05) is 37.7 Å². The summed E-state index contributed by atoms with van der Waals surface area (Å²) in [5.74, 6) is 2.39. The maximum atomic E-state index is 5.87. The van der Waals surface area contributed by atoms with Crippen molar-refractivity contribution in [1.29, 1.82) is 0 Å². The van der Waals surface area contributed by atoms with Crippen LogP contribution >= 0.6 is 0 Å². The third-order valence-corrected chi connectivity index (χ3v) is 6.57. The number of H-pyrrole nitrogens is 1. The topological polar surface area (TPSA) is 53.2 Å². The molecule has 5 nitrogen and oxygen atoms in total. The second-order valence-corrected chi connectivity index (χ2v) is 8.28. The normalized spacial score (nSPS) is 27.8. The van der Waals surface area contributed by atoms with Crippen LogP contribution in [0.2, 0.25) is 0 Å². The molecule has 0 bridgehead atoms. The molecule has 1 saturated heterocycles. The van der Waals surface area contributed by atoms with Crippen molar-refractivity contribution in [3.8, 4) is 0 Å². The van der Waals surface area contributed by atoms with Crippen LogP contribution in [0.4, 0.5) is 5.82 Å². The zero-order valence-corrected chi connectivity index (χ0v) is 16.3. The molecule has 0 spiro atoms. The molecule has 3 aromatic rings. The number of benzene rings is 1. The van der Waals surface area contributed by atoms with E-state index >= 15 is 0 Å². The van der Waals surface area contributed by atoms with Crippen molar-refractivity contribution >= 4 is 16.7 Å². The van der Waals surface area contributed by atoms with Gasteiger partial charge in [-0.3, -0.25) is 4.90 Å². The highest BCUT2D eigenvalue weighted by atomic mass is 16.5. The zero-order valence-electron chi connectivity index (χ0n) is 16.3. The van der Waals surface area contributed by atoms with Crippen molar-refractivity contribution in [2.45, 2.75) is 31.5 Å². The summed E-state index contributed by atoms with van der Waals surface area (Å²) < 4.78 is 5.87. The van der Waals surface area contributed by atoms with Crippen LogP contribution in [-0.2, 0) is 11.3 Å². The Morgan fingerprint density at radius 2 is 2.00 bits per heavy atom. The van der Waals surface area contributed by atoms with Gasteiger partial charge in [-0.1, -0.05) is 18.2 Å². The first kappa shape index (κ1) is 17.7. The highest BCUT2D eigenvalue weighted by Gasteiger charge is 2.42. The van der Waals surface area contributed by atoms with Crippen molar-refractivity contribution in [3.63, 3.8) is 0 Å². The van der Waals surface area contributed by atoms with E-state index in [4.69, 9.17) is 4.74 Å². The number of aromatic amines is 1. The lowest BCUT2D eigenvalue weighted by Gasteiger charge is -2.37. The molecule has 5 heteroatoms. The van der Waals surface area contributed by atoms with Gasteiger partial charge in [0, 0.05) is 50.0 Å². The van der Waals surface area contributed by atoms with E-state index in [2.05, 4.69) is 44.5 Å². The van der Waals surface area contributed by atoms with Crippen molar-refractivity contribution in [2.75, 3.05) is 25.5 Å². The lowest BCUT2D eigenvalue weighted by molar-refractivity contribution is 0.0304. The van der Waals surface area contributed by atoms with Crippen LogP contribution in [0.5, 0.6) is 0 Å². The molecule has 2 fully saturated rings. The fourth-order valence-electron chi connectivity index (χ4n) is 5.22. The van der Waals surface area contributed by atoms with E-state index in [0.717, 1.165) is 37.0 Å². The summed E-state index contributed by atoms with van der Waals surface area (Å²) in [5, 5.41) is 4.97. The maximum absolute atomic E-state index is 5.87. The van der Waals surface area contributed by atoms with E-state index in [-0.39, 0.29) is 6.10 Å². The minimum absolute atomic E-state index is 0.247. The SMILES string of the molecule is CO[C@@H]1C[C@H]2CN(Cc3cccc4[nH]ccc34)C[C@H]2C[C@H]1Nc1ccccn1. The van der Waals surface area contributed by atoms with Crippen LogP contribution in [0.25, 0.3) is 10.9 Å². The quantitative estimate of drug-likeness (QED) is 0.709. The average molecular weight is 377 g/mol. The molecule has 2 aromatic heterocycles. The van der Waals surface area contributed by atoms with E-state index in [1.165, 1.54) is 29.6 Å². The Labute approximate surface area is 166 Å². The molecular weight excluding hydrogens is 348 g/mol. The number of fused-ring (bicyclic) bond motifs is 2. The van der Waals surface area contributed by atoms with Crippen LogP contribution in [-0.4, -0.2) is 47.2 Å². The maximum Gasteiger partial charge on any atom is 0.126 e. The Balaban J connectivity index is 1.28. The lowest BCUT2D eigenvalue weighted by Crippen LogP contribution is -2.44. The number of rotatable bonds is 5. The van der Waals surface area contributed by atoms with Crippen LogP contribution in [0, 0.1) is 11.8 Å². The first-order valence-corrected chi connectivity index (χ1v) is 10.3. The van der Waals surface area contributed by atoms with Crippen molar-refractivity contribution < 1.29 is 4.74 Å². The van der Waals surface area contributed by atoms with Gasteiger partial charge in [-0.05, 0) is 54.5 Å². The van der Waals surface area contributed by atoms with Gasteiger partial charge in [0.1, 0.15) is 5.82 Å². The summed E-state index contributed by atoms with van der Waals surface area (Å²) in [5.41, 5.74) is 2.65. The molecule has 2 aliphatic rings. The number of hydrogen-bond acceptors (Lipinski definition) is 4. The summed E-state index contributed by atoms with van der Waals surface area (Å²) in [6.07, 6.45) is 6.39. The van der Waals surface area contributed by atoms with E-state index in [1.54, 1.807) is 0 Å². The summed E-state index contributed by atoms with van der Waals surface area (Å²) in [6, 6.07) is 15.1. The van der Waals surface area contributed by atoms with Crippen LogP contribution in [0.15, 0.2) is 54.9 Å². The number of nitrogens with one attached hydrogen (secondary N) is 2. The third-order valence-electron chi connectivity index (χ3n) is 6.57. The molecule has 0 amide bonds. The molecule has 5 rings (SSSR count). The molecule has 1 aromatic carbocycles. The highest BCUT2D eigenvalue weighted by molar-refractivity contribution is 5.82. The van der Waals surface area contributed by atoms with Crippen LogP contribution in [0.1, 0.15) is 18.4 Å². The highest BCUT2D eigenvalue weighted by Crippen LogP contribution is 2.39. The molecule has 1 aliphatic heterocycles. The number of likely N-dealkylation sites (tertiary alicyclic amines) is 1. The number of methoxy groups -OCH3 is 1. The largest absolute Gasteiger partial charge is 0.379 e. The van der Waals surface area contributed by atoms with Gasteiger partial charge < -0.3 is 15.0 Å². The molecule has 28 heavy (non-hydrogen) atoms. The summed E-state index contributed by atoms with van der Waals surface area (Å²) in [6.45, 7) is 3.36. The van der Waals surface area contributed by atoms with Crippen LogP contribution in [0.3, 0.4) is 0 Å². The number of nitrogens with zero attached hydrogens (tertiary/aromatic N) is 2. The summed E-state index contributed by atoms with van der Waals surface area (Å²) in [7, 11) is 1.84. The first-order chi connectivity index (χ1) is 13.8. The van der Waals surface area contributed by atoms with Gasteiger partial charge in [0.2, 0.25) is 0 Å². The van der Waals surface area contributed by atoms with Gasteiger partial charge in [-0.15, -0.1) is 0 Å². The molecule has 0 radical (unpaired) electrons. The van der Waals surface area contributed by atoms with Crippen molar-refractivity contribution in [2.24, 2.45) is 11.8 Å². The van der Waals surface area contributed by atoms with Gasteiger partial charge in [0.15, 0.2) is 0 Å². The Morgan fingerprint density at radius 3 is 2.82 bits per heavy atom. The standard InChI is InChI=1S/C23H28N4O/c1-28-22-12-18-15-27(13-16-5-4-6-20-19(16)8-10-24-20)14-17(18)11-21(22)26-23-7-2-3-9-25-23/h2-10,17-18,21-22,24H,11-15H2,1H3,(H,25,26)/t17-,18+,21-,22-/m1/s1. The Bertz CT molecular complexity index is 925. The smallest absolute Gasteiger partial charge is 0.126 e. The molecule has 0 unspecified atom stereocenters. The number of hydrogen-bond donors (Lipinski definition) is 2. The van der Waals surface area contributed by atoms with Gasteiger partial charge in [0.05, 0.1) is 12.1 Å². The second kappa shape index (κ2) is 7.57. The van der Waals surface area contributed by atoms with Gasteiger partial charge in [-0.25, -0.2) is 4.98 Å². The van der Waals surface area contributed by atoms with Gasteiger partial charge >= 0.3 is 0 Å². The molecular formula is C23H28N4O. The fraction of sp³-hybridized carbons (Fsp3) is 0.435. The van der Waals surface area contributed by atoms with E-state index in [9.17, 15) is 0 Å². The molecule has 4 atom stereocenters. The van der Waals surface area contributed by atoms with Crippen molar-refractivity contribution in [3.05, 3.63) is 60.4 Å². The Kier molecular flexibility index (Phi) is 4.79. The summed E-state index contributed by atoms with van der Waals surface area (Å²) >= 11 is 0. The van der Waals surface area contributed by atoms with E-state index in [0.29, 0.717) is 6.04 Å². The molecule has 1 aliphatic carbocycles. The van der Waals surface area contributed by atoms with Crippen molar-refractivity contribution in [1.82, 2.24) is 14.9 Å².